The molecule has 1 aliphatic heterocycles. The van der Waals surface area contributed by atoms with E-state index in [9.17, 15) is 24.3 Å². The lowest BCUT2D eigenvalue weighted by Crippen LogP contribution is -2.45. The molecule has 1 N–H and O–H groups in total. The Kier molecular flexibility index (Phi) is 6.41. The van der Waals surface area contributed by atoms with E-state index in [4.69, 9.17) is 14.2 Å². The SMILES string of the molecule is C=C1C(=O)O[C@H]2C[C@@H](C(=O)O)CCCC(=C)[C@@H](OC(C)=O)[C@@H](OC(C)=O)[C@H]12. The van der Waals surface area contributed by atoms with Crippen molar-refractivity contribution < 1.29 is 38.5 Å². The Hall–Kier alpha value is -2.64. The summed E-state index contributed by atoms with van der Waals surface area (Å²) >= 11 is 0. The maximum absolute atomic E-state index is 12.1. The van der Waals surface area contributed by atoms with Crippen molar-refractivity contribution in [3.63, 3.8) is 0 Å². The van der Waals surface area contributed by atoms with Gasteiger partial charge < -0.3 is 19.3 Å². The van der Waals surface area contributed by atoms with Crippen LogP contribution >= 0.6 is 0 Å². The number of aliphatic carboxylic acids is 1. The molecule has 0 spiro atoms. The normalized spacial score (nSPS) is 31.5. The molecular formula is C19H24O8. The minimum atomic E-state index is -1.07. The van der Waals surface area contributed by atoms with Gasteiger partial charge in [0.2, 0.25) is 0 Å². The van der Waals surface area contributed by atoms with Crippen molar-refractivity contribution in [3.8, 4) is 0 Å². The third-order valence-electron chi connectivity index (χ3n) is 4.89. The van der Waals surface area contributed by atoms with Crippen molar-refractivity contribution in [3.05, 3.63) is 24.3 Å². The van der Waals surface area contributed by atoms with Gasteiger partial charge in [-0.1, -0.05) is 13.2 Å². The Bertz CT molecular complexity index is 679. The van der Waals surface area contributed by atoms with E-state index in [0.29, 0.717) is 24.8 Å². The molecule has 1 saturated carbocycles. The Morgan fingerprint density at radius 2 is 1.78 bits per heavy atom. The molecule has 0 unspecified atom stereocenters. The van der Waals surface area contributed by atoms with Gasteiger partial charge in [0.15, 0.2) is 12.2 Å². The van der Waals surface area contributed by atoms with Crippen LogP contribution in [-0.2, 0) is 33.4 Å². The van der Waals surface area contributed by atoms with E-state index in [1.807, 2.05) is 0 Å². The van der Waals surface area contributed by atoms with Crippen molar-refractivity contribution in [1.29, 1.82) is 0 Å². The zero-order valence-corrected chi connectivity index (χ0v) is 15.4. The van der Waals surface area contributed by atoms with E-state index < -0.39 is 54.0 Å². The van der Waals surface area contributed by atoms with Gasteiger partial charge in [0, 0.05) is 19.4 Å². The quantitative estimate of drug-likeness (QED) is 0.341. The molecular weight excluding hydrogens is 356 g/mol. The summed E-state index contributed by atoms with van der Waals surface area (Å²) in [6, 6.07) is 0. The first-order valence-corrected chi connectivity index (χ1v) is 8.76. The number of hydrogen-bond acceptors (Lipinski definition) is 7. The predicted octanol–water partition coefficient (Wildman–Crippen LogP) is 1.78. The van der Waals surface area contributed by atoms with E-state index in [1.54, 1.807) is 0 Å². The Balaban J connectivity index is 2.50. The van der Waals surface area contributed by atoms with Crippen LogP contribution in [0.25, 0.3) is 0 Å². The zero-order chi connectivity index (χ0) is 20.3. The lowest BCUT2D eigenvalue weighted by molar-refractivity contribution is -0.168. The van der Waals surface area contributed by atoms with Crippen LogP contribution in [0.2, 0.25) is 0 Å². The lowest BCUT2D eigenvalue weighted by Gasteiger charge is -2.35. The molecule has 0 bridgehead atoms. The minimum Gasteiger partial charge on any atom is -0.481 e. The lowest BCUT2D eigenvalue weighted by atomic mass is 9.79. The number of hydrogen-bond donors (Lipinski definition) is 1. The van der Waals surface area contributed by atoms with Crippen molar-refractivity contribution in [2.24, 2.45) is 11.8 Å². The highest BCUT2D eigenvalue weighted by molar-refractivity contribution is 5.91. The van der Waals surface area contributed by atoms with Gasteiger partial charge in [-0.2, -0.15) is 0 Å². The van der Waals surface area contributed by atoms with Crippen LogP contribution in [0.15, 0.2) is 24.3 Å². The summed E-state index contributed by atoms with van der Waals surface area (Å²) in [5.41, 5.74) is 0.536. The van der Waals surface area contributed by atoms with Gasteiger partial charge in [-0.15, -0.1) is 0 Å². The average molecular weight is 380 g/mol. The molecule has 1 heterocycles. The van der Waals surface area contributed by atoms with E-state index in [0.717, 1.165) is 0 Å². The van der Waals surface area contributed by atoms with Crippen molar-refractivity contribution in [2.45, 2.75) is 57.8 Å². The molecule has 1 saturated heterocycles. The molecule has 0 amide bonds. The molecule has 1 aliphatic carbocycles. The third kappa shape index (κ3) is 4.75. The summed E-state index contributed by atoms with van der Waals surface area (Å²) in [6.07, 6.45) is -1.61. The summed E-state index contributed by atoms with van der Waals surface area (Å²) in [5, 5.41) is 9.48. The maximum atomic E-state index is 12.1. The van der Waals surface area contributed by atoms with Gasteiger partial charge in [0.05, 0.1) is 11.8 Å². The van der Waals surface area contributed by atoms with Gasteiger partial charge in [-0.05, 0) is 31.3 Å². The van der Waals surface area contributed by atoms with Gasteiger partial charge in [-0.3, -0.25) is 14.4 Å². The second-order valence-electron chi connectivity index (χ2n) is 6.92. The molecule has 0 radical (unpaired) electrons. The van der Waals surface area contributed by atoms with Crippen LogP contribution in [0.1, 0.15) is 39.5 Å². The highest BCUT2D eigenvalue weighted by atomic mass is 16.6. The van der Waals surface area contributed by atoms with Gasteiger partial charge in [0.1, 0.15) is 6.10 Å². The first-order chi connectivity index (χ1) is 12.6. The zero-order valence-electron chi connectivity index (χ0n) is 15.4. The van der Waals surface area contributed by atoms with Crippen LogP contribution in [0.3, 0.4) is 0 Å². The Labute approximate surface area is 157 Å². The van der Waals surface area contributed by atoms with E-state index in [1.165, 1.54) is 13.8 Å². The highest BCUT2D eigenvalue weighted by Crippen LogP contribution is 2.40. The number of carbonyl (C=O) groups excluding carboxylic acids is 3. The van der Waals surface area contributed by atoms with Crippen LogP contribution in [0.4, 0.5) is 0 Å². The molecule has 0 aromatic heterocycles. The number of fused-ring (bicyclic) bond motifs is 1. The molecule has 5 atom stereocenters. The Morgan fingerprint density at radius 3 is 2.33 bits per heavy atom. The molecule has 0 aromatic rings. The molecule has 0 aromatic carbocycles. The molecule has 148 valence electrons. The maximum Gasteiger partial charge on any atom is 0.334 e. The van der Waals surface area contributed by atoms with Crippen molar-refractivity contribution in [1.82, 2.24) is 0 Å². The topological polar surface area (TPSA) is 116 Å². The largest absolute Gasteiger partial charge is 0.481 e. The smallest absolute Gasteiger partial charge is 0.334 e. The van der Waals surface area contributed by atoms with Gasteiger partial charge >= 0.3 is 23.9 Å². The van der Waals surface area contributed by atoms with Gasteiger partial charge in [-0.25, -0.2) is 4.79 Å². The van der Waals surface area contributed by atoms with Crippen molar-refractivity contribution >= 4 is 23.9 Å². The van der Waals surface area contributed by atoms with Gasteiger partial charge in [0.25, 0.3) is 0 Å². The van der Waals surface area contributed by atoms with Crippen LogP contribution in [-0.4, -0.2) is 47.3 Å². The fraction of sp³-hybridized carbons (Fsp3) is 0.579. The van der Waals surface area contributed by atoms with Crippen LogP contribution < -0.4 is 0 Å². The summed E-state index contributed by atoms with van der Waals surface area (Å²) in [6.45, 7) is 10.1. The molecule has 8 nitrogen and oxygen atoms in total. The fourth-order valence-corrected chi connectivity index (χ4v) is 3.67. The van der Waals surface area contributed by atoms with E-state index in [-0.39, 0.29) is 12.0 Å². The molecule has 2 fully saturated rings. The summed E-state index contributed by atoms with van der Waals surface area (Å²) in [4.78, 5) is 47.0. The summed E-state index contributed by atoms with van der Waals surface area (Å²) in [5.74, 6) is -4.46. The highest BCUT2D eigenvalue weighted by Gasteiger charge is 2.50. The van der Waals surface area contributed by atoms with Crippen LogP contribution in [0.5, 0.6) is 0 Å². The minimum absolute atomic E-state index is 0.0564. The molecule has 8 heteroatoms. The number of ether oxygens (including phenoxy) is 3. The second kappa shape index (κ2) is 8.37. The van der Waals surface area contributed by atoms with E-state index in [2.05, 4.69) is 13.2 Å². The number of esters is 3. The predicted molar refractivity (Wildman–Crippen MR) is 92.4 cm³/mol. The van der Waals surface area contributed by atoms with Crippen molar-refractivity contribution in [2.75, 3.05) is 0 Å². The standard InChI is InChI=1S/C19H24O8/c1-9-6-5-7-13(18(22)23)8-14-15(10(2)19(24)27-14)17(26-12(4)21)16(9)25-11(3)20/h13-17H,1-2,5-8H2,3-4H3,(H,22,23)/t13-,14-,15+,16+,17-/m0/s1. The first kappa shape index (κ1) is 20.7. The monoisotopic (exact) mass is 380 g/mol. The second-order valence-corrected chi connectivity index (χ2v) is 6.92. The van der Waals surface area contributed by atoms with E-state index >= 15 is 0 Å². The molecule has 27 heavy (non-hydrogen) atoms. The number of carbonyl (C=O) groups is 4. The average Bonchev–Trinajstić information content (AvgIpc) is 2.83. The first-order valence-electron chi connectivity index (χ1n) is 8.76. The Morgan fingerprint density at radius 1 is 1.15 bits per heavy atom. The molecule has 2 rings (SSSR count). The fourth-order valence-electron chi connectivity index (χ4n) is 3.67. The summed E-state index contributed by atoms with van der Waals surface area (Å²) < 4.78 is 16.1. The third-order valence-corrected chi connectivity index (χ3v) is 4.89. The molecule has 2 aliphatic rings. The number of rotatable bonds is 3. The number of carboxylic acid groups (broad SMARTS) is 1. The van der Waals surface area contributed by atoms with Crippen LogP contribution in [0, 0.1) is 11.8 Å². The summed E-state index contributed by atoms with van der Waals surface area (Å²) in [7, 11) is 0. The number of carboxylic acids is 1.